The third kappa shape index (κ3) is 4.20. The molecule has 0 bridgehead atoms. The summed E-state index contributed by atoms with van der Waals surface area (Å²) in [5.41, 5.74) is 0. The molecule has 1 aliphatic rings. The molecule has 1 unspecified atom stereocenters. The summed E-state index contributed by atoms with van der Waals surface area (Å²) in [7, 11) is 3.11. The summed E-state index contributed by atoms with van der Waals surface area (Å²) in [6.45, 7) is 3.84. The Kier molecular flexibility index (Phi) is 5.95. The smallest absolute Gasteiger partial charge is 0.319 e. The van der Waals surface area contributed by atoms with Crippen molar-refractivity contribution < 1.29 is 14.3 Å². The van der Waals surface area contributed by atoms with E-state index in [-0.39, 0.29) is 17.9 Å². The second-order valence-corrected chi connectivity index (χ2v) is 4.99. The monoisotopic (exact) mass is 256 g/mol. The van der Waals surface area contributed by atoms with Crippen LogP contribution in [0.2, 0.25) is 0 Å². The summed E-state index contributed by atoms with van der Waals surface area (Å²) in [5.74, 6) is -0.554. The van der Waals surface area contributed by atoms with Gasteiger partial charge in [0.1, 0.15) is 0 Å². The zero-order chi connectivity index (χ0) is 13.5. The van der Waals surface area contributed by atoms with E-state index in [9.17, 15) is 9.59 Å². The largest absolute Gasteiger partial charge is 0.469 e. The highest BCUT2D eigenvalue weighted by Gasteiger charge is 2.23. The lowest BCUT2D eigenvalue weighted by Gasteiger charge is -2.28. The summed E-state index contributed by atoms with van der Waals surface area (Å²) in [4.78, 5) is 27.0. The molecule has 5 nitrogen and oxygen atoms in total. The van der Waals surface area contributed by atoms with Gasteiger partial charge in [-0.3, -0.25) is 4.79 Å². The normalized spacial score (nSPS) is 17.8. The van der Waals surface area contributed by atoms with Crippen LogP contribution >= 0.6 is 0 Å². The number of likely N-dealkylation sites (tertiary alicyclic amines) is 1. The van der Waals surface area contributed by atoms with E-state index in [4.69, 9.17) is 0 Å². The molecule has 5 heteroatoms. The van der Waals surface area contributed by atoms with Crippen molar-refractivity contribution in [2.24, 2.45) is 5.92 Å². The summed E-state index contributed by atoms with van der Waals surface area (Å²) in [6, 6.07) is 0.0210. The molecule has 0 saturated carbocycles. The van der Waals surface area contributed by atoms with Crippen LogP contribution in [0.25, 0.3) is 0 Å². The molecule has 0 aromatic rings. The Balaban J connectivity index is 2.46. The molecule has 0 spiro atoms. The number of ether oxygens (including phenoxy) is 1. The van der Waals surface area contributed by atoms with Crippen LogP contribution in [0.5, 0.6) is 0 Å². The molecular weight excluding hydrogens is 232 g/mol. The van der Waals surface area contributed by atoms with Gasteiger partial charge < -0.3 is 14.5 Å². The topological polar surface area (TPSA) is 49.9 Å². The summed E-state index contributed by atoms with van der Waals surface area (Å²) >= 11 is 0. The van der Waals surface area contributed by atoms with E-state index in [0.29, 0.717) is 6.54 Å². The Morgan fingerprint density at radius 2 is 1.78 bits per heavy atom. The standard InChI is InChI=1S/C13H24N2O3/c1-11(12(16)18-3)10-14(2)13(17)15-8-6-4-5-7-9-15/h11H,4-10H2,1-3H3. The minimum Gasteiger partial charge on any atom is -0.469 e. The lowest BCUT2D eigenvalue weighted by atomic mass is 10.2. The molecule has 0 aromatic carbocycles. The molecule has 0 N–H and O–H groups in total. The number of urea groups is 1. The number of carbonyl (C=O) groups excluding carboxylic acids is 2. The lowest BCUT2D eigenvalue weighted by Crippen LogP contribution is -2.44. The number of amides is 2. The number of nitrogens with zero attached hydrogens (tertiary/aromatic N) is 2. The third-order valence-corrected chi connectivity index (χ3v) is 3.35. The van der Waals surface area contributed by atoms with E-state index in [1.165, 1.54) is 20.0 Å². The predicted octanol–water partition coefficient (Wildman–Crippen LogP) is 1.72. The quantitative estimate of drug-likeness (QED) is 0.722. The average Bonchev–Trinajstić information content (AvgIpc) is 2.65. The fourth-order valence-corrected chi connectivity index (χ4v) is 2.27. The van der Waals surface area contributed by atoms with Crippen LogP contribution in [0.4, 0.5) is 4.79 Å². The van der Waals surface area contributed by atoms with Crippen LogP contribution in [-0.4, -0.2) is 55.6 Å². The van der Waals surface area contributed by atoms with Crippen LogP contribution in [0, 0.1) is 5.92 Å². The molecule has 1 aliphatic heterocycles. The van der Waals surface area contributed by atoms with E-state index >= 15 is 0 Å². The highest BCUT2D eigenvalue weighted by Crippen LogP contribution is 2.12. The van der Waals surface area contributed by atoms with Gasteiger partial charge in [0.2, 0.25) is 0 Å². The van der Waals surface area contributed by atoms with Gasteiger partial charge in [-0.2, -0.15) is 0 Å². The number of esters is 1. The van der Waals surface area contributed by atoms with Gasteiger partial charge in [0.25, 0.3) is 0 Å². The zero-order valence-electron chi connectivity index (χ0n) is 11.6. The van der Waals surface area contributed by atoms with Crippen LogP contribution in [-0.2, 0) is 9.53 Å². The first-order valence-electron chi connectivity index (χ1n) is 6.64. The van der Waals surface area contributed by atoms with Crippen molar-refractivity contribution in [1.29, 1.82) is 0 Å². The second kappa shape index (κ2) is 7.24. The highest BCUT2D eigenvalue weighted by atomic mass is 16.5. The maximum atomic E-state index is 12.2. The van der Waals surface area contributed by atoms with Crippen LogP contribution in [0.15, 0.2) is 0 Å². The maximum Gasteiger partial charge on any atom is 0.319 e. The van der Waals surface area contributed by atoms with Gasteiger partial charge in [-0.25, -0.2) is 4.79 Å². The van der Waals surface area contributed by atoms with Gasteiger partial charge in [-0.15, -0.1) is 0 Å². The van der Waals surface area contributed by atoms with Gasteiger partial charge in [0.05, 0.1) is 13.0 Å². The fraction of sp³-hybridized carbons (Fsp3) is 0.846. The summed E-state index contributed by atoms with van der Waals surface area (Å²) < 4.78 is 4.67. The Hall–Kier alpha value is -1.26. The molecule has 1 fully saturated rings. The number of methoxy groups -OCH3 is 1. The van der Waals surface area contributed by atoms with Crippen molar-refractivity contribution in [1.82, 2.24) is 9.80 Å². The summed E-state index contributed by atoms with van der Waals surface area (Å²) in [5, 5.41) is 0. The van der Waals surface area contributed by atoms with Crippen molar-refractivity contribution in [2.45, 2.75) is 32.6 Å². The molecule has 0 aliphatic carbocycles. The van der Waals surface area contributed by atoms with Crippen molar-refractivity contribution in [3.05, 3.63) is 0 Å². The van der Waals surface area contributed by atoms with E-state index in [1.54, 1.807) is 18.9 Å². The minimum atomic E-state index is -0.282. The molecule has 104 valence electrons. The molecule has 1 saturated heterocycles. The van der Waals surface area contributed by atoms with Crippen LogP contribution in [0.3, 0.4) is 0 Å². The SMILES string of the molecule is COC(=O)C(C)CN(C)C(=O)N1CCCCCC1. The Bertz CT molecular complexity index is 286. The predicted molar refractivity (Wildman–Crippen MR) is 69.2 cm³/mol. The molecule has 0 radical (unpaired) electrons. The first-order valence-corrected chi connectivity index (χ1v) is 6.64. The molecule has 18 heavy (non-hydrogen) atoms. The van der Waals surface area contributed by atoms with Gasteiger partial charge in [-0.1, -0.05) is 19.8 Å². The van der Waals surface area contributed by atoms with Gasteiger partial charge in [0, 0.05) is 26.7 Å². The molecule has 1 heterocycles. The average molecular weight is 256 g/mol. The highest BCUT2D eigenvalue weighted by molar-refractivity contribution is 5.76. The Morgan fingerprint density at radius 1 is 1.22 bits per heavy atom. The lowest BCUT2D eigenvalue weighted by molar-refractivity contribution is -0.145. The Morgan fingerprint density at radius 3 is 2.28 bits per heavy atom. The van der Waals surface area contributed by atoms with Crippen LogP contribution in [0.1, 0.15) is 32.6 Å². The van der Waals surface area contributed by atoms with Gasteiger partial charge in [-0.05, 0) is 12.8 Å². The third-order valence-electron chi connectivity index (χ3n) is 3.35. The van der Waals surface area contributed by atoms with E-state index in [2.05, 4.69) is 4.74 Å². The number of hydrogen-bond donors (Lipinski definition) is 0. The second-order valence-electron chi connectivity index (χ2n) is 4.99. The number of hydrogen-bond acceptors (Lipinski definition) is 3. The van der Waals surface area contributed by atoms with E-state index in [0.717, 1.165) is 25.9 Å². The van der Waals surface area contributed by atoms with Crippen LogP contribution < -0.4 is 0 Å². The Labute approximate surface area is 109 Å². The van der Waals surface area contributed by atoms with Crippen molar-refractivity contribution in [3.63, 3.8) is 0 Å². The molecule has 0 aromatic heterocycles. The minimum absolute atomic E-state index is 0.0210. The van der Waals surface area contributed by atoms with Crippen molar-refractivity contribution >= 4 is 12.0 Å². The number of rotatable bonds is 3. The van der Waals surface area contributed by atoms with Gasteiger partial charge in [0.15, 0.2) is 0 Å². The van der Waals surface area contributed by atoms with E-state index in [1.807, 2.05) is 4.90 Å². The maximum absolute atomic E-state index is 12.2. The summed E-state index contributed by atoms with van der Waals surface area (Å²) in [6.07, 6.45) is 4.55. The molecule has 1 rings (SSSR count). The zero-order valence-corrected chi connectivity index (χ0v) is 11.6. The van der Waals surface area contributed by atoms with Crippen molar-refractivity contribution in [2.75, 3.05) is 33.8 Å². The molecule has 1 atom stereocenters. The first kappa shape index (κ1) is 14.8. The molecular formula is C13H24N2O3. The fourth-order valence-electron chi connectivity index (χ4n) is 2.27. The first-order chi connectivity index (χ1) is 8.56. The van der Waals surface area contributed by atoms with Crippen molar-refractivity contribution in [3.8, 4) is 0 Å². The van der Waals surface area contributed by atoms with Gasteiger partial charge >= 0.3 is 12.0 Å². The van der Waals surface area contributed by atoms with E-state index < -0.39 is 0 Å². The number of carbonyl (C=O) groups is 2. The molecule has 2 amide bonds.